The first-order valence-corrected chi connectivity index (χ1v) is 9.35. The summed E-state index contributed by atoms with van der Waals surface area (Å²) >= 11 is 0. The van der Waals surface area contributed by atoms with Crippen LogP contribution >= 0.6 is 0 Å². The second kappa shape index (κ2) is 8.88. The molecular weight excluding hydrogens is 268 g/mol. The van der Waals surface area contributed by atoms with Gasteiger partial charge in [-0.25, -0.2) is 0 Å². The number of nitrogens with zero attached hydrogens (tertiary/aromatic N) is 1. The third kappa shape index (κ3) is 6.66. The molecule has 0 aromatic rings. The summed E-state index contributed by atoms with van der Waals surface area (Å²) in [4.78, 5) is 2.79. The first kappa shape index (κ1) is 17.7. The minimum atomic E-state index is 0.467. The average molecular weight is 305 g/mol. The van der Waals surface area contributed by atoms with Crippen LogP contribution < -0.4 is 5.32 Å². The van der Waals surface area contributed by atoms with Gasteiger partial charge in [0.2, 0.25) is 0 Å². The molecule has 0 unspecified atom stereocenters. The van der Waals surface area contributed by atoms with Crippen molar-refractivity contribution in [3.63, 3.8) is 0 Å². The Hall–Kier alpha value is -0.600. The number of hydrogen-bond donors (Lipinski definition) is 1. The number of hydrogen-bond acceptors (Lipinski definition) is 2. The Balaban J connectivity index is 1.83. The van der Waals surface area contributed by atoms with E-state index in [-0.39, 0.29) is 0 Å². The van der Waals surface area contributed by atoms with Crippen LogP contribution in [0.2, 0.25) is 0 Å². The van der Waals surface area contributed by atoms with E-state index in [1.54, 1.807) is 5.57 Å². The van der Waals surface area contributed by atoms with Gasteiger partial charge in [-0.1, -0.05) is 44.6 Å². The van der Waals surface area contributed by atoms with Crippen LogP contribution in [0.5, 0.6) is 0 Å². The SMILES string of the molecule is CC(C)(C)CCCN(CCC1=CCCC=C1)C1CCNCC1. The molecule has 126 valence electrons. The highest BCUT2D eigenvalue weighted by molar-refractivity contribution is 5.22. The zero-order valence-corrected chi connectivity index (χ0v) is 15.0. The summed E-state index contributed by atoms with van der Waals surface area (Å²) in [6.07, 6.45) is 16.1. The van der Waals surface area contributed by atoms with Gasteiger partial charge in [0.15, 0.2) is 0 Å². The first-order valence-electron chi connectivity index (χ1n) is 9.35. The van der Waals surface area contributed by atoms with Crippen molar-refractivity contribution in [2.24, 2.45) is 5.41 Å². The number of piperidine rings is 1. The number of nitrogens with one attached hydrogen (secondary N) is 1. The monoisotopic (exact) mass is 304 g/mol. The molecule has 0 bridgehead atoms. The summed E-state index contributed by atoms with van der Waals surface area (Å²) < 4.78 is 0. The third-order valence-electron chi connectivity index (χ3n) is 4.96. The van der Waals surface area contributed by atoms with Gasteiger partial charge in [0.1, 0.15) is 0 Å². The van der Waals surface area contributed by atoms with Crippen molar-refractivity contribution in [2.75, 3.05) is 26.2 Å². The van der Waals surface area contributed by atoms with E-state index in [9.17, 15) is 0 Å². The van der Waals surface area contributed by atoms with Gasteiger partial charge in [0, 0.05) is 12.6 Å². The largest absolute Gasteiger partial charge is 0.317 e. The molecule has 0 aromatic heterocycles. The number of allylic oxidation sites excluding steroid dienone is 3. The fourth-order valence-electron chi connectivity index (χ4n) is 3.59. The van der Waals surface area contributed by atoms with Crippen molar-refractivity contribution < 1.29 is 0 Å². The maximum absolute atomic E-state index is 3.51. The molecule has 22 heavy (non-hydrogen) atoms. The van der Waals surface area contributed by atoms with E-state index in [2.05, 4.69) is 49.2 Å². The predicted octanol–water partition coefficient (Wildman–Crippen LogP) is 4.53. The Morgan fingerprint density at radius 3 is 2.55 bits per heavy atom. The van der Waals surface area contributed by atoms with Crippen LogP contribution in [0.1, 0.15) is 65.7 Å². The normalized spacial score (nSPS) is 20.5. The highest BCUT2D eigenvalue weighted by atomic mass is 15.2. The van der Waals surface area contributed by atoms with Gasteiger partial charge in [-0.2, -0.15) is 0 Å². The molecule has 1 aliphatic carbocycles. The second-order valence-corrected chi connectivity index (χ2v) is 8.19. The second-order valence-electron chi connectivity index (χ2n) is 8.19. The lowest BCUT2D eigenvalue weighted by molar-refractivity contribution is 0.155. The van der Waals surface area contributed by atoms with Crippen LogP contribution in [0.3, 0.4) is 0 Å². The zero-order chi connectivity index (χ0) is 15.8. The molecule has 2 rings (SSSR count). The molecule has 1 aliphatic heterocycles. The van der Waals surface area contributed by atoms with E-state index >= 15 is 0 Å². The topological polar surface area (TPSA) is 15.3 Å². The molecular formula is C20H36N2. The molecule has 1 fully saturated rings. The van der Waals surface area contributed by atoms with Crippen LogP contribution in [-0.4, -0.2) is 37.1 Å². The van der Waals surface area contributed by atoms with Crippen molar-refractivity contribution in [1.82, 2.24) is 10.2 Å². The molecule has 0 spiro atoms. The molecule has 0 saturated carbocycles. The summed E-state index contributed by atoms with van der Waals surface area (Å²) in [7, 11) is 0. The van der Waals surface area contributed by atoms with Crippen molar-refractivity contribution in [2.45, 2.75) is 71.8 Å². The Kier molecular flexibility index (Phi) is 7.17. The molecule has 0 aromatic carbocycles. The molecule has 2 nitrogen and oxygen atoms in total. The van der Waals surface area contributed by atoms with Gasteiger partial charge in [-0.3, -0.25) is 4.90 Å². The predicted molar refractivity (Wildman–Crippen MR) is 97.2 cm³/mol. The molecule has 0 atom stereocenters. The van der Waals surface area contributed by atoms with Crippen LogP contribution in [0, 0.1) is 5.41 Å². The molecule has 2 heteroatoms. The van der Waals surface area contributed by atoms with Crippen molar-refractivity contribution in [3.8, 4) is 0 Å². The summed E-state index contributed by atoms with van der Waals surface area (Å²) in [5.74, 6) is 0. The average Bonchev–Trinajstić information content (AvgIpc) is 2.51. The highest BCUT2D eigenvalue weighted by Crippen LogP contribution is 2.23. The van der Waals surface area contributed by atoms with E-state index < -0.39 is 0 Å². The van der Waals surface area contributed by atoms with Crippen LogP contribution in [0.4, 0.5) is 0 Å². The van der Waals surface area contributed by atoms with E-state index in [1.165, 1.54) is 71.1 Å². The molecule has 2 aliphatic rings. The Bertz CT molecular complexity index is 370. The van der Waals surface area contributed by atoms with Crippen molar-refractivity contribution in [1.29, 1.82) is 0 Å². The van der Waals surface area contributed by atoms with Crippen molar-refractivity contribution in [3.05, 3.63) is 23.8 Å². The van der Waals surface area contributed by atoms with E-state index in [4.69, 9.17) is 0 Å². The lowest BCUT2D eigenvalue weighted by atomic mass is 9.90. The summed E-state index contributed by atoms with van der Waals surface area (Å²) in [6, 6.07) is 0.800. The zero-order valence-electron chi connectivity index (χ0n) is 15.0. The minimum absolute atomic E-state index is 0.467. The maximum atomic E-state index is 3.51. The summed E-state index contributed by atoms with van der Waals surface area (Å²) in [6.45, 7) is 12.0. The first-order chi connectivity index (χ1) is 10.5. The maximum Gasteiger partial charge on any atom is 0.0119 e. The fraction of sp³-hybridized carbons (Fsp3) is 0.800. The van der Waals surface area contributed by atoms with E-state index in [0.29, 0.717) is 5.41 Å². The van der Waals surface area contributed by atoms with E-state index in [1.807, 2.05) is 0 Å². The van der Waals surface area contributed by atoms with E-state index in [0.717, 1.165) is 6.04 Å². The number of rotatable bonds is 7. The third-order valence-corrected chi connectivity index (χ3v) is 4.96. The van der Waals surface area contributed by atoms with Gasteiger partial charge < -0.3 is 5.32 Å². The molecule has 1 saturated heterocycles. The van der Waals surface area contributed by atoms with Crippen molar-refractivity contribution >= 4 is 0 Å². The highest BCUT2D eigenvalue weighted by Gasteiger charge is 2.21. The molecule has 0 amide bonds. The molecule has 1 heterocycles. The summed E-state index contributed by atoms with van der Waals surface area (Å²) in [5.41, 5.74) is 2.02. The van der Waals surface area contributed by atoms with Crippen LogP contribution in [0.15, 0.2) is 23.8 Å². The van der Waals surface area contributed by atoms with Crippen LogP contribution in [-0.2, 0) is 0 Å². The lowest BCUT2D eigenvalue weighted by Crippen LogP contribution is -2.44. The fourth-order valence-corrected chi connectivity index (χ4v) is 3.59. The van der Waals surface area contributed by atoms with Gasteiger partial charge in [0.05, 0.1) is 0 Å². The minimum Gasteiger partial charge on any atom is -0.317 e. The van der Waals surface area contributed by atoms with Gasteiger partial charge in [-0.05, 0) is 70.0 Å². The van der Waals surface area contributed by atoms with Gasteiger partial charge in [-0.15, -0.1) is 0 Å². The van der Waals surface area contributed by atoms with Gasteiger partial charge in [0.25, 0.3) is 0 Å². The molecule has 0 radical (unpaired) electrons. The standard InChI is InChI=1S/C20H36N2/c1-20(2,3)13-7-16-22(19-10-14-21-15-11-19)17-12-18-8-5-4-6-9-18/h5,8-9,19,21H,4,6-7,10-17H2,1-3H3. The lowest BCUT2D eigenvalue weighted by Gasteiger charge is -2.35. The Morgan fingerprint density at radius 1 is 1.14 bits per heavy atom. The summed E-state index contributed by atoms with van der Waals surface area (Å²) in [5, 5.41) is 3.51. The quantitative estimate of drug-likeness (QED) is 0.743. The smallest absolute Gasteiger partial charge is 0.0119 e. The molecule has 1 N–H and O–H groups in total. The van der Waals surface area contributed by atoms with Gasteiger partial charge >= 0.3 is 0 Å². The Labute approximate surface area is 138 Å². The Morgan fingerprint density at radius 2 is 1.91 bits per heavy atom. The van der Waals surface area contributed by atoms with Crippen LogP contribution in [0.25, 0.3) is 0 Å².